The van der Waals surface area contributed by atoms with Crippen LogP contribution in [-0.4, -0.2) is 34.0 Å². The van der Waals surface area contributed by atoms with Gasteiger partial charge in [0.25, 0.3) is 0 Å². The van der Waals surface area contributed by atoms with Crippen molar-refractivity contribution in [2.75, 3.05) is 18.4 Å². The molecule has 1 N–H and O–H groups in total. The molecule has 6 heteroatoms. The molecule has 1 unspecified atom stereocenters. The number of aromatic nitrogens is 2. The second kappa shape index (κ2) is 7.00. The predicted molar refractivity (Wildman–Crippen MR) is 85.0 cm³/mol. The monoisotopic (exact) mass is 318 g/mol. The van der Waals surface area contributed by atoms with Gasteiger partial charge in [0, 0.05) is 42.7 Å². The van der Waals surface area contributed by atoms with Crippen LogP contribution < -0.4 is 5.32 Å². The summed E-state index contributed by atoms with van der Waals surface area (Å²) < 4.78 is 26.8. The van der Waals surface area contributed by atoms with E-state index in [9.17, 15) is 8.78 Å². The molecule has 0 amide bonds. The Hall–Kier alpha value is -2.08. The maximum Gasteiger partial charge on any atom is 0.223 e. The summed E-state index contributed by atoms with van der Waals surface area (Å²) in [4.78, 5) is 10.8. The lowest BCUT2D eigenvalue weighted by Crippen LogP contribution is -2.42. The second-order valence-corrected chi connectivity index (χ2v) is 5.98. The van der Waals surface area contributed by atoms with Gasteiger partial charge in [0.2, 0.25) is 5.95 Å². The van der Waals surface area contributed by atoms with E-state index in [0.717, 1.165) is 37.7 Å². The molecule has 0 bridgehead atoms. The molecule has 122 valence electrons. The summed E-state index contributed by atoms with van der Waals surface area (Å²) >= 11 is 0. The zero-order chi connectivity index (χ0) is 16.2. The summed E-state index contributed by atoms with van der Waals surface area (Å²) in [6, 6.07) is 5.85. The van der Waals surface area contributed by atoms with E-state index in [1.807, 2.05) is 13.0 Å². The molecule has 1 fully saturated rings. The summed E-state index contributed by atoms with van der Waals surface area (Å²) in [5, 5.41) is 3.34. The lowest BCUT2D eigenvalue weighted by molar-refractivity contribution is 0.206. The van der Waals surface area contributed by atoms with Gasteiger partial charge in [-0.3, -0.25) is 4.90 Å². The molecule has 2 aromatic rings. The van der Waals surface area contributed by atoms with Crippen LogP contribution in [0.15, 0.2) is 30.5 Å². The summed E-state index contributed by atoms with van der Waals surface area (Å²) in [6.07, 6.45) is 3.78. The third kappa shape index (κ3) is 4.22. The van der Waals surface area contributed by atoms with Gasteiger partial charge in [-0.1, -0.05) is 6.07 Å². The first-order valence-corrected chi connectivity index (χ1v) is 7.82. The van der Waals surface area contributed by atoms with Gasteiger partial charge in [0.1, 0.15) is 11.6 Å². The van der Waals surface area contributed by atoms with Crippen molar-refractivity contribution in [2.24, 2.45) is 0 Å². The maximum atomic E-state index is 13.8. The van der Waals surface area contributed by atoms with E-state index in [1.165, 1.54) is 12.1 Å². The largest absolute Gasteiger partial charge is 0.350 e. The molecule has 1 aromatic heterocycles. The molecule has 1 aromatic carbocycles. The van der Waals surface area contributed by atoms with E-state index < -0.39 is 11.6 Å². The Morgan fingerprint density at radius 1 is 1.30 bits per heavy atom. The van der Waals surface area contributed by atoms with Crippen molar-refractivity contribution in [3.63, 3.8) is 0 Å². The maximum absolute atomic E-state index is 13.8. The Bertz CT molecular complexity index is 677. The molecule has 1 aliphatic heterocycles. The highest BCUT2D eigenvalue weighted by molar-refractivity contribution is 5.27. The van der Waals surface area contributed by atoms with Crippen molar-refractivity contribution in [1.29, 1.82) is 0 Å². The Morgan fingerprint density at radius 2 is 2.17 bits per heavy atom. The molecule has 23 heavy (non-hydrogen) atoms. The molecule has 0 radical (unpaired) electrons. The van der Waals surface area contributed by atoms with Gasteiger partial charge in [-0.15, -0.1) is 0 Å². The number of halogens is 2. The number of anilines is 1. The second-order valence-electron chi connectivity index (χ2n) is 5.98. The van der Waals surface area contributed by atoms with Crippen molar-refractivity contribution in [1.82, 2.24) is 14.9 Å². The standard InChI is InChI=1S/C17H20F2N4/c1-12-6-7-20-17(21-12)22-15-3-2-8-23(11-15)10-13-4-5-14(18)9-16(13)19/h4-7,9,15H,2-3,8,10-11H2,1H3,(H,20,21,22). The molecule has 0 spiro atoms. The first kappa shape index (κ1) is 15.8. The minimum atomic E-state index is -0.541. The molecule has 0 saturated carbocycles. The number of nitrogens with zero attached hydrogens (tertiary/aromatic N) is 3. The van der Waals surface area contributed by atoms with Crippen LogP contribution in [0, 0.1) is 18.6 Å². The number of rotatable bonds is 4. The number of likely N-dealkylation sites (tertiary alicyclic amines) is 1. The first-order chi connectivity index (χ1) is 11.1. The smallest absolute Gasteiger partial charge is 0.223 e. The number of benzene rings is 1. The average molecular weight is 318 g/mol. The van der Waals surface area contributed by atoms with Crippen LogP contribution in [0.3, 0.4) is 0 Å². The quantitative estimate of drug-likeness (QED) is 0.940. The highest BCUT2D eigenvalue weighted by Gasteiger charge is 2.21. The third-order valence-corrected chi connectivity index (χ3v) is 4.04. The number of hydrogen-bond donors (Lipinski definition) is 1. The molecule has 0 aliphatic carbocycles. The van der Waals surface area contributed by atoms with Gasteiger partial charge < -0.3 is 5.32 Å². The van der Waals surface area contributed by atoms with Crippen molar-refractivity contribution < 1.29 is 8.78 Å². The zero-order valence-corrected chi connectivity index (χ0v) is 13.1. The van der Waals surface area contributed by atoms with Crippen molar-refractivity contribution in [3.8, 4) is 0 Å². The molecule has 1 saturated heterocycles. The van der Waals surface area contributed by atoms with Gasteiger partial charge in [-0.25, -0.2) is 18.7 Å². The fourth-order valence-electron chi connectivity index (χ4n) is 2.91. The number of piperidine rings is 1. The van der Waals surface area contributed by atoms with Crippen LogP contribution in [0.5, 0.6) is 0 Å². The third-order valence-electron chi connectivity index (χ3n) is 4.04. The highest BCUT2D eigenvalue weighted by Crippen LogP contribution is 2.18. The van der Waals surface area contributed by atoms with Crippen molar-refractivity contribution >= 4 is 5.95 Å². The predicted octanol–water partition coefficient (Wildman–Crippen LogP) is 3.14. The van der Waals surface area contributed by atoms with E-state index in [4.69, 9.17) is 0 Å². The Labute approximate surface area is 134 Å². The van der Waals surface area contributed by atoms with Crippen LogP contribution >= 0.6 is 0 Å². The van der Waals surface area contributed by atoms with Gasteiger partial charge >= 0.3 is 0 Å². The lowest BCUT2D eigenvalue weighted by atomic mass is 10.0. The molecule has 1 atom stereocenters. The molecular formula is C17H20F2N4. The molecule has 1 aliphatic rings. The molecule has 3 rings (SSSR count). The summed E-state index contributed by atoms with van der Waals surface area (Å²) in [6.45, 7) is 4.11. The Morgan fingerprint density at radius 3 is 2.96 bits per heavy atom. The van der Waals surface area contributed by atoms with Gasteiger partial charge in [-0.05, 0) is 38.4 Å². The van der Waals surface area contributed by atoms with Crippen molar-refractivity contribution in [2.45, 2.75) is 32.4 Å². The fraction of sp³-hybridized carbons (Fsp3) is 0.412. The Kier molecular flexibility index (Phi) is 4.81. The van der Waals surface area contributed by atoms with Crippen LogP contribution in [0.1, 0.15) is 24.1 Å². The van der Waals surface area contributed by atoms with E-state index in [1.54, 1.807) is 6.20 Å². The van der Waals surface area contributed by atoms with E-state index in [-0.39, 0.29) is 6.04 Å². The summed E-state index contributed by atoms with van der Waals surface area (Å²) in [7, 11) is 0. The summed E-state index contributed by atoms with van der Waals surface area (Å²) in [5.74, 6) is -0.395. The SMILES string of the molecule is Cc1ccnc(NC2CCCN(Cc3ccc(F)cc3F)C2)n1. The van der Waals surface area contributed by atoms with Crippen LogP contribution in [0.4, 0.5) is 14.7 Å². The molecular weight excluding hydrogens is 298 g/mol. The number of aryl methyl sites for hydroxylation is 1. The van der Waals surface area contributed by atoms with E-state index in [2.05, 4.69) is 20.2 Å². The zero-order valence-electron chi connectivity index (χ0n) is 13.1. The number of hydrogen-bond acceptors (Lipinski definition) is 4. The van der Waals surface area contributed by atoms with E-state index >= 15 is 0 Å². The van der Waals surface area contributed by atoms with E-state index in [0.29, 0.717) is 18.1 Å². The van der Waals surface area contributed by atoms with Gasteiger partial charge in [-0.2, -0.15) is 0 Å². The highest BCUT2D eigenvalue weighted by atomic mass is 19.1. The normalized spacial score (nSPS) is 18.8. The van der Waals surface area contributed by atoms with Crippen LogP contribution in [-0.2, 0) is 6.54 Å². The molecule has 2 heterocycles. The topological polar surface area (TPSA) is 41.1 Å². The van der Waals surface area contributed by atoms with Crippen LogP contribution in [0.25, 0.3) is 0 Å². The van der Waals surface area contributed by atoms with Crippen LogP contribution in [0.2, 0.25) is 0 Å². The summed E-state index contributed by atoms with van der Waals surface area (Å²) in [5.41, 5.74) is 1.45. The lowest BCUT2D eigenvalue weighted by Gasteiger charge is -2.33. The first-order valence-electron chi connectivity index (χ1n) is 7.82. The van der Waals surface area contributed by atoms with Gasteiger partial charge in [0.15, 0.2) is 0 Å². The average Bonchev–Trinajstić information content (AvgIpc) is 2.51. The Balaban J connectivity index is 1.61. The van der Waals surface area contributed by atoms with Crippen molar-refractivity contribution in [3.05, 3.63) is 53.4 Å². The molecule has 4 nitrogen and oxygen atoms in total. The minimum absolute atomic E-state index is 0.231. The van der Waals surface area contributed by atoms with Gasteiger partial charge in [0.05, 0.1) is 0 Å². The minimum Gasteiger partial charge on any atom is -0.350 e. The fourth-order valence-corrected chi connectivity index (χ4v) is 2.91. The number of nitrogens with one attached hydrogen (secondary N) is 1.